The fourth-order valence-electron chi connectivity index (χ4n) is 2.80. The van der Waals surface area contributed by atoms with E-state index in [1.807, 2.05) is 44.2 Å². The molecule has 0 aliphatic rings. The van der Waals surface area contributed by atoms with E-state index in [0.717, 1.165) is 11.3 Å². The van der Waals surface area contributed by atoms with E-state index in [9.17, 15) is 9.59 Å². The Balaban J connectivity index is 2.12. The fourth-order valence-corrected chi connectivity index (χ4v) is 4.19. The summed E-state index contributed by atoms with van der Waals surface area (Å²) in [5.74, 6) is 0.997. The lowest BCUT2D eigenvalue weighted by atomic mass is 10.1. The molecule has 0 spiro atoms. The van der Waals surface area contributed by atoms with E-state index in [0.29, 0.717) is 28.1 Å². The predicted octanol–water partition coefficient (Wildman–Crippen LogP) is 5.42. The first kappa shape index (κ1) is 24.6. The molecule has 162 valence electrons. The molecule has 4 nitrogen and oxygen atoms in total. The summed E-state index contributed by atoms with van der Waals surface area (Å²) in [7, 11) is 0. The molecular formula is C23H28Cl2N2O2S. The van der Waals surface area contributed by atoms with E-state index in [-0.39, 0.29) is 24.1 Å². The first-order valence-electron chi connectivity index (χ1n) is 9.91. The summed E-state index contributed by atoms with van der Waals surface area (Å²) in [6.07, 6.45) is 0. The number of hydrogen-bond acceptors (Lipinski definition) is 3. The second-order valence-electron chi connectivity index (χ2n) is 7.52. The van der Waals surface area contributed by atoms with Crippen molar-refractivity contribution in [2.45, 2.75) is 39.1 Å². The van der Waals surface area contributed by atoms with Gasteiger partial charge in [0.15, 0.2) is 0 Å². The van der Waals surface area contributed by atoms with Crippen LogP contribution in [0.4, 0.5) is 0 Å². The summed E-state index contributed by atoms with van der Waals surface area (Å²) in [4.78, 5) is 27.3. The van der Waals surface area contributed by atoms with E-state index in [1.54, 1.807) is 30.0 Å². The molecule has 2 amide bonds. The highest BCUT2D eigenvalue weighted by atomic mass is 35.5. The third-order valence-electron chi connectivity index (χ3n) is 4.58. The van der Waals surface area contributed by atoms with Crippen LogP contribution in [0.5, 0.6) is 0 Å². The van der Waals surface area contributed by atoms with Crippen molar-refractivity contribution in [2.24, 2.45) is 5.92 Å². The number of hydrogen-bond donors (Lipinski definition) is 1. The number of nitrogens with one attached hydrogen (secondary N) is 1. The van der Waals surface area contributed by atoms with Gasteiger partial charge in [-0.3, -0.25) is 9.59 Å². The maximum Gasteiger partial charge on any atom is 0.242 e. The molecule has 7 heteroatoms. The van der Waals surface area contributed by atoms with Crippen molar-refractivity contribution in [1.29, 1.82) is 0 Å². The standard InChI is InChI=1S/C23H28Cl2N2O2S/c1-16(2)12-26-23(29)17(3)27(13-19-20(24)10-7-11-21(19)25)22(28)15-30-14-18-8-5-4-6-9-18/h4-11,16-17H,12-15H2,1-3H3,(H,26,29)/t17-/m1/s1. The molecular weight excluding hydrogens is 439 g/mol. The summed E-state index contributed by atoms with van der Waals surface area (Å²) in [6.45, 7) is 6.52. The molecule has 0 saturated carbocycles. The first-order valence-corrected chi connectivity index (χ1v) is 11.8. The molecule has 0 aromatic heterocycles. The highest BCUT2D eigenvalue weighted by Gasteiger charge is 2.27. The van der Waals surface area contributed by atoms with Crippen molar-refractivity contribution in [3.05, 3.63) is 69.7 Å². The zero-order chi connectivity index (χ0) is 22.1. The predicted molar refractivity (Wildman–Crippen MR) is 127 cm³/mol. The van der Waals surface area contributed by atoms with Crippen LogP contribution in [0.25, 0.3) is 0 Å². The van der Waals surface area contributed by atoms with Crippen LogP contribution >= 0.6 is 35.0 Å². The molecule has 0 aliphatic carbocycles. The highest BCUT2D eigenvalue weighted by Crippen LogP contribution is 2.27. The first-order chi connectivity index (χ1) is 14.3. The molecule has 0 fully saturated rings. The van der Waals surface area contributed by atoms with E-state index >= 15 is 0 Å². The van der Waals surface area contributed by atoms with Gasteiger partial charge in [0.1, 0.15) is 6.04 Å². The van der Waals surface area contributed by atoms with Gasteiger partial charge in [0.05, 0.1) is 5.75 Å². The number of rotatable bonds is 10. The Bertz CT molecular complexity index is 826. The Morgan fingerprint density at radius 2 is 1.63 bits per heavy atom. The van der Waals surface area contributed by atoms with Gasteiger partial charge in [0.2, 0.25) is 11.8 Å². The summed E-state index contributed by atoms with van der Waals surface area (Å²) in [6, 6.07) is 14.6. The van der Waals surface area contributed by atoms with E-state index in [4.69, 9.17) is 23.2 Å². The van der Waals surface area contributed by atoms with Gasteiger partial charge >= 0.3 is 0 Å². The van der Waals surface area contributed by atoms with Crippen molar-refractivity contribution >= 4 is 46.8 Å². The van der Waals surface area contributed by atoms with E-state index in [2.05, 4.69) is 5.32 Å². The number of carbonyl (C=O) groups excluding carboxylic acids is 2. The number of benzene rings is 2. The Hall–Kier alpha value is -1.69. The maximum absolute atomic E-state index is 13.1. The number of thioether (sulfide) groups is 1. The van der Waals surface area contributed by atoms with Gasteiger partial charge in [-0.25, -0.2) is 0 Å². The van der Waals surface area contributed by atoms with Crippen LogP contribution < -0.4 is 5.32 Å². The highest BCUT2D eigenvalue weighted by molar-refractivity contribution is 7.99. The number of nitrogens with zero attached hydrogens (tertiary/aromatic N) is 1. The van der Waals surface area contributed by atoms with Gasteiger partial charge in [-0.2, -0.15) is 0 Å². The Labute approximate surface area is 193 Å². The monoisotopic (exact) mass is 466 g/mol. The van der Waals surface area contributed by atoms with Crippen LogP contribution in [0.3, 0.4) is 0 Å². The minimum absolute atomic E-state index is 0.126. The maximum atomic E-state index is 13.1. The molecule has 0 bridgehead atoms. The van der Waals surface area contributed by atoms with E-state index < -0.39 is 6.04 Å². The van der Waals surface area contributed by atoms with Crippen LogP contribution in [0.1, 0.15) is 31.9 Å². The lowest BCUT2D eigenvalue weighted by molar-refractivity contribution is -0.138. The van der Waals surface area contributed by atoms with Gasteiger partial charge in [-0.15, -0.1) is 11.8 Å². The fraction of sp³-hybridized carbons (Fsp3) is 0.391. The zero-order valence-electron chi connectivity index (χ0n) is 17.5. The van der Waals surface area contributed by atoms with Crippen molar-refractivity contribution < 1.29 is 9.59 Å². The molecule has 2 aromatic carbocycles. The molecule has 30 heavy (non-hydrogen) atoms. The number of carbonyl (C=O) groups is 2. The Kier molecular flexibility index (Phi) is 10.0. The largest absolute Gasteiger partial charge is 0.354 e. The van der Waals surface area contributed by atoms with Crippen LogP contribution in [-0.4, -0.2) is 35.1 Å². The van der Waals surface area contributed by atoms with Gasteiger partial charge in [0.25, 0.3) is 0 Å². The molecule has 0 radical (unpaired) electrons. The molecule has 2 aromatic rings. The Morgan fingerprint density at radius 3 is 2.23 bits per heavy atom. The number of halogens is 2. The molecule has 2 rings (SSSR count). The third-order valence-corrected chi connectivity index (χ3v) is 6.28. The molecule has 0 aliphatic heterocycles. The van der Waals surface area contributed by atoms with Crippen molar-refractivity contribution in [1.82, 2.24) is 10.2 Å². The topological polar surface area (TPSA) is 49.4 Å². The van der Waals surface area contributed by atoms with Crippen LogP contribution in [-0.2, 0) is 21.9 Å². The summed E-state index contributed by atoms with van der Waals surface area (Å²) in [5, 5.41) is 3.87. The second-order valence-corrected chi connectivity index (χ2v) is 9.32. The molecule has 0 unspecified atom stereocenters. The minimum atomic E-state index is -0.638. The van der Waals surface area contributed by atoms with Crippen molar-refractivity contribution in [3.8, 4) is 0 Å². The SMILES string of the molecule is CC(C)CNC(=O)[C@@H](C)N(Cc1c(Cl)cccc1Cl)C(=O)CSCc1ccccc1. The minimum Gasteiger partial charge on any atom is -0.354 e. The van der Waals surface area contributed by atoms with Crippen LogP contribution in [0.2, 0.25) is 10.0 Å². The molecule has 1 N–H and O–H groups in total. The van der Waals surface area contributed by atoms with Gasteiger partial charge in [-0.05, 0) is 30.5 Å². The average molecular weight is 467 g/mol. The van der Waals surface area contributed by atoms with Crippen LogP contribution in [0, 0.1) is 5.92 Å². The van der Waals surface area contributed by atoms with Crippen molar-refractivity contribution in [3.63, 3.8) is 0 Å². The summed E-state index contributed by atoms with van der Waals surface area (Å²) in [5.41, 5.74) is 1.80. The quantitative estimate of drug-likeness (QED) is 0.508. The summed E-state index contributed by atoms with van der Waals surface area (Å²) >= 11 is 14.2. The third kappa shape index (κ3) is 7.53. The van der Waals surface area contributed by atoms with E-state index in [1.165, 1.54) is 11.8 Å². The lowest BCUT2D eigenvalue weighted by Gasteiger charge is -2.29. The smallest absolute Gasteiger partial charge is 0.242 e. The van der Waals surface area contributed by atoms with Gasteiger partial charge in [0, 0.05) is 34.5 Å². The van der Waals surface area contributed by atoms with Gasteiger partial charge in [-0.1, -0.05) is 73.4 Å². The molecule has 1 atom stereocenters. The summed E-state index contributed by atoms with van der Waals surface area (Å²) < 4.78 is 0. The molecule has 0 heterocycles. The zero-order valence-corrected chi connectivity index (χ0v) is 19.9. The van der Waals surface area contributed by atoms with Gasteiger partial charge < -0.3 is 10.2 Å². The normalized spacial score (nSPS) is 11.9. The van der Waals surface area contributed by atoms with Crippen LogP contribution in [0.15, 0.2) is 48.5 Å². The molecule has 0 saturated heterocycles. The Morgan fingerprint density at radius 1 is 1.00 bits per heavy atom. The van der Waals surface area contributed by atoms with Crippen molar-refractivity contribution in [2.75, 3.05) is 12.3 Å². The lowest BCUT2D eigenvalue weighted by Crippen LogP contribution is -2.48. The second kappa shape index (κ2) is 12.2. The average Bonchev–Trinajstić information content (AvgIpc) is 2.72. The number of amides is 2.